The van der Waals surface area contributed by atoms with Crippen LogP contribution in [0.15, 0.2) is 22.7 Å². The van der Waals surface area contributed by atoms with E-state index in [9.17, 15) is 9.59 Å². The minimum atomic E-state index is -0.456. The fourth-order valence-corrected chi connectivity index (χ4v) is 2.58. The molecule has 1 heterocycles. The van der Waals surface area contributed by atoms with Gasteiger partial charge in [0.25, 0.3) is 5.91 Å². The van der Waals surface area contributed by atoms with Crippen LogP contribution in [0.25, 0.3) is 0 Å². The molecule has 0 aromatic heterocycles. The van der Waals surface area contributed by atoms with Crippen molar-refractivity contribution in [3.8, 4) is 0 Å². The van der Waals surface area contributed by atoms with E-state index in [2.05, 4.69) is 26.0 Å². The highest BCUT2D eigenvalue weighted by Gasteiger charge is 2.28. The number of benzene rings is 1. The first-order chi connectivity index (χ1) is 9.51. The Hall–Kier alpha value is -1.56. The molecule has 1 aromatic rings. The molecule has 1 fully saturated rings. The number of carbonyl (C=O) groups excluding carboxylic acids is 2. The van der Waals surface area contributed by atoms with Crippen molar-refractivity contribution < 1.29 is 14.3 Å². The lowest BCUT2D eigenvalue weighted by atomic mass is 10.1. The van der Waals surface area contributed by atoms with Gasteiger partial charge in [0, 0.05) is 23.1 Å². The molecule has 1 aliphatic rings. The molecule has 1 unspecified atom stereocenters. The molecule has 1 N–H and O–H groups in total. The van der Waals surface area contributed by atoms with Crippen molar-refractivity contribution in [1.82, 2.24) is 10.2 Å². The van der Waals surface area contributed by atoms with Crippen molar-refractivity contribution in [2.75, 3.05) is 20.2 Å². The summed E-state index contributed by atoms with van der Waals surface area (Å²) in [7, 11) is 1.33. The topological polar surface area (TPSA) is 58.6 Å². The van der Waals surface area contributed by atoms with Gasteiger partial charge in [0.1, 0.15) is 0 Å². The Bertz CT molecular complexity index is 533. The molecule has 0 saturated carbocycles. The van der Waals surface area contributed by atoms with Crippen LogP contribution in [-0.4, -0.2) is 43.1 Å². The SMILES string of the molecule is COC(=O)NC1CCN(C(=O)c2ccc(C)c(Br)c2)C1. The fraction of sp³-hybridized carbons (Fsp3) is 0.429. The first kappa shape index (κ1) is 14.8. The quantitative estimate of drug-likeness (QED) is 0.898. The first-order valence-corrected chi connectivity index (χ1v) is 7.20. The minimum Gasteiger partial charge on any atom is -0.453 e. The Morgan fingerprint density at radius 2 is 2.20 bits per heavy atom. The highest BCUT2D eigenvalue weighted by molar-refractivity contribution is 9.10. The summed E-state index contributed by atoms with van der Waals surface area (Å²) >= 11 is 3.43. The molecule has 0 aliphatic carbocycles. The standard InChI is InChI=1S/C14H17BrN2O3/c1-9-3-4-10(7-12(9)15)13(18)17-6-5-11(8-17)16-14(19)20-2/h3-4,7,11H,5-6,8H2,1-2H3,(H,16,19). The van der Waals surface area contributed by atoms with E-state index in [1.807, 2.05) is 25.1 Å². The van der Waals surface area contributed by atoms with Gasteiger partial charge in [-0.25, -0.2) is 4.79 Å². The van der Waals surface area contributed by atoms with Gasteiger partial charge in [-0.15, -0.1) is 0 Å². The van der Waals surface area contributed by atoms with Gasteiger partial charge < -0.3 is 15.0 Å². The number of hydrogen-bond donors (Lipinski definition) is 1. The molecule has 6 heteroatoms. The number of alkyl carbamates (subject to hydrolysis) is 1. The normalized spacial score (nSPS) is 17.9. The van der Waals surface area contributed by atoms with E-state index in [0.717, 1.165) is 16.5 Å². The zero-order valence-electron chi connectivity index (χ0n) is 11.5. The Kier molecular flexibility index (Phi) is 4.65. The fourth-order valence-electron chi connectivity index (χ4n) is 2.20. The van der Waals surface area contributed by atoms with E-state index in [0.29, 0.717) is 18.7 Å². The van der Waals surface area contributed by atoms with Crippen LogP contribution in [0, 0.1) is 6.92 Å². The average molecular weight is 341 g/mol. The Labute approximate surface area is 126 Å². The third-order valence-electron chi connectivity index (χ3n) is 3.40. The van der Waals surface area contributed by atoms with Gasteiger partial charge >= 0.3 is 6.09 Å². The van der Waals surface area contributed by atoms with Crippen molar-refractivity contribution in [1.29, 1.82) is 0 Å². The molecule has 20 heavy (non-hydrogen) atoms. The van der Waals surface area contributed by atoms with E-state index in [1.165, 1.54) is 7.11 Å². The highest BCUT2D eigenvalue weighted by Crippen LogP contribution is 2.20. The minimum absolute atomic E-state index is 0.0140. The lowest BCUT2D eigenvalue weighted by Crippen LogP contribution is -2.38. The summed E-state index contributed by atoms with van der Waals surface area (Å²) in [6, 6.07) is 5.53. The zero-order chi connectivity index (χ0) is 14.7. The molecule has 0 spiro atoms. The van der Waals surface area contributed by atoms with E-state index >= 15 is 0 Å². The van der Waals surface area contributed by atoms with Crippen LogP contribution in [0.2, 0.25) is 0 Å². The van der Waals surface area contributed by atoms with Crippen LogP contribution in [0.3, 0.4) is 0 Å². The number of aryl methyl sites for hydroxylation is 1. The molecule has 1 aromatic carbocycles. The largest absolute Gasteiger partial charge is 0.453 e. The summed E-state index contributed by atoms with van der Waals surface area (Å²) in [4.78, 5) is 25.3. The summed E-state index contributed by atoms with van der Waals surface area (Å²) in [5, 5.41) is 2.72. The number of rotatable bonds is 2. The van der Waals surface area contributed by atoms with Gasteiger partial charge in [-0.2, -0.15) is 0 Å². The maximum Gasteiger partial charge on any atom is 0.407 e. The van der Waals surface area contributed by atoms with Crippen LogP contribution in [-0.2, 0) is 4.74 Å². The van der Waals surface area contributed by atoms with Crippen LogP contribution >= 0.6 is 15.9 Å². The van der Waals surface area contributed by atoms with Gasteiger partial charge in [-0.1, -0.05) is 22.0 Å². The predicted molar refractivity (Wildman–Crippen MR) is 78.7 cm³/mol. The maximum absolute atomic E-state index is 12.4. The summed E-state index contributed by atoms with van der Waals surface area (Å²) in [6.45, 7) is 3.13. The summed E-state index contributed by atoms with van der Waals surface area (Å²) in [6.07, 6.45) is 0.288. The highest BCUT2D eigenvalue weighted by atomic mass is 79.9. The van der Waals surface area contributed by atoms with E-state index in [-0.39, 0.29) is 11.9 Å². The van der Waals surface area contributed by atoms with E-state index < -0.39 is 6.09 Å². The Morgan fingerprint density at radius 3 is 2.85 bits per heavy atom. The lowest BCUT2D eigenvalue weighted by Gasteiger charge is -2.17. The second-order valence-corrected chi connectivity index (χ2v) is 5.69. The van der Waals surface area contributed by atoms with Crippen molar-refractivity contribution in [3.63, 3.8) is 0 Å². The molecule has 1 aliphatic heterocycles. The number of nitrogens with one attached hydrogen (secondary N) is 1. The molecule has 1 saturated heterocycles. The third kappa shape index (κ3) is 3.30. The van der Waals surface area contributed by atoms with Gasteiger partial charge in [0.2, 0.25) is 0 Å². The van der Waals surface area contributed by atoms with Crippen LogP contribution < -0.4 is 5.32 Å². The smallest absolute Gasteiger partial charge is 0.407 e. The number of likely N-dealkylation sites (tertiary alicyclic amines) is 1. The number of carbonyl (C=O) groups is 2. The van der Waals surface area contributed by atoms with Crippen molar-refractivity contribution in [2.45, 2.75) is 19.4 Å². The number of halogens is 1. The molecule has 2 rings (SSSR count). The number of hydrogen-bond acceptors (Lipinski definition) is 3. The van der Waals surface area contributed by atoms with Crippen molar-refractivity contribution >= 4 is 27.9 Å². The molecular formula is C14H17BrN2O3. The molecule has 108 valence electrons. The number of ether oxygens (including phenoxy) is 1. The monoisotopic (exact) mass is 340 g/mol. The Morgan fingerprint density at radius 1 is 1.45 bits per heavy atom. The zero-order valence-corrected chi connectivity index (χ0v) is 13.1. The van der Waals surface area contributed by atoms with Gasteiger partial charge in [-0.3, -0.25) is 4.79 Å². The summed E-state index contributed by atoms with van der Waals surface area (Å²) < 4.78 is 5.48. The first-order valence-electron chi connectivity index (χ1n) is 6.41. The molecule has 0 bridgehead atoms. The maximum atomic E-state index is 12.4. The van der Waals surface area contributed by atoms with Crippen LogP contribution in [0.1, 0.15) is 22.3 Å². The second-order valence-electron chi connectivity index (χ2n) is 4.84. The average Bonchev–Trinajstić information content (AvgIpc) is 2.89. The van der Waals surface area contributed by atoms with Crippen LogP contribution in [0.5, 0.6) is 0 Å². The van der Waals surface area contributed by atoms with Gasteiger partial charge in [-0.05, 0) is 31.0 Å². The van der Waals surface area contributed by atoms with Gasteiger partial charge in [0.05, 0.1) is 13.2 Å². The molecule has 2 amide bonds. The number of amides is 2. The number of nitrogens with zero attached hydrogens (tertiary/aromatic N) is 1. The van der Waals surface area contributed by atoms with E-state index in [4.69, 9.17) is 0 Å². The Balaban J connectivity index is 2.00. The number of methoxy groups -OCH3 is 1. The molecule has 0 radical (unpaired) electrons. The summed E-state index contributed by atoms with van der Waals surface area (Å²) in [5.74, 6) is -0.0140. The van der Waals surface area contributed by atoms with Crippen molar-refractivity contribution in [2.24, 2.45) is 0 Å². The predicted octanol–water partition coefficient (Wildman–Crippen LogP) is 2.33. The second kappa shape index (κ2) is 6.26. The summed E-state index contributed by atoms with van der Waals surface area (Å²) in [5.41, 5.74) is 1.74. The van der Waals surface area contributed by atoms with Crippen LogP contribution in [0.4, 0.5) is 4.79 Å². The van der Waals surface area contributed by atoms with Crippen molar-refractivity contribution in [3.05, 3.63) is 33.8 Å². The molecule has 5 nitrogen and oxygen atoms in total. The third-order valence-corrected chi connectivity index (χ3v) is 4.26. The van der Waals surface area contributed by atoms with Gasteiger partial charge in [0.15, 0.2) is 0 Å². The van der Waals surface area contributed by atoms with E-state index in [1.54, 1.807) is 4.90 Å². The molecular weight excluding hydrogens is 324 g/mol. The lowest BCUT2D eigenvalue weighted by molar-refractivity contribution is 0.0788. The molecule has 1 atom stereocenters.